The molecule has 0 radical (unpaired) electrons. The number of carbonyl (C=O) groups is 1. The third-order valence-corrected chi connectivity index (χ3v) is 7.02. The number of halogens is 5. The van der Waals surface area contributed by atoms with Crippen LogP contribution in [-0.2, 0) is 13.8 Å². The Morgan fingerprint density at radius 1 is 1.05 bits per heavy atom. The molecule has 3 aromatic carbocycles. The molecule has 0 unspecified atom stereocenters. The van der Waals surface area contributed by atoms with E-state index in [1.807, 2.05) is 18.2 Å². The minimum atomic E-state index is -3.82. The molecule has 0 amide bonds. The minimum Gasteiger partial charge on any atom is -0.462 e. The zero-order chi connectivity index (χ0) is 27.6. The standard InChI is InChI=1S/C10H9BrO4.C7H4BrN.C7H5ClF2O2S/c1-2-13-10(12)6-3-4-7(11)9-8(6)14-5-15-9;1-9-7-5-3-2-4-6(7)8;8-13(11,12)6-3-1-5(2-4-6)7(9)10/h3-4H,2,5H2,1H3;2-5H;1-4,7H. The van der Waals surface area contributed by atoms with E-state index in [1.165, 1.54) is 0 Å². The molecule has 0 saturated heterocycles. The van der Waals surface area contributed by atoms with Gasteiger partial charge in [0.05, 0.1) is 22.5 Å². The second kappa shape index (κ2) is 14.3. The van der Waals surface area contributed by atoms with Crippen molar-refractivity contribution in [3.8, 4) is 11.5 Å². The van der Waals surface area contributed by atoms with Gasteiger partial charge in [-0.05, 0) is 47.1 Å². The van der Waals surface area contributed by atoms with Gasteiger partial charge in [-0.15, -0.1) is 0 Å². The molecule has 0 aromatic heterocycles. The molecule has 196 valence electrons. The highest BCUT2D eigenvalue weighted by atomic mass is 79.9. The predicted molar refractivity (Wildman–Crippen MR) is 141 cm³/mol. The number of nitrogens with zero attached hydrogens (tertiary/aromatic N) is 1. The molecule has 1 aliphatic heterocycles. The maximum atomic E-state index is 12.0. The zero-order valence-electron chi connectivity index (χ0n) is 19.0. The molecular weight excluding hydrogens is 664 g/mol. The molecule has 13 heteroatoms. The van der Waals surface area contributed by atoms with Crippen molar-refractivity contribution in [2.75, 3.05) is 13.4 Å². The van der Waals surface area contributed by atoms with Crippen molar-refractivity contribution in [1.82, 2.24) is 0 Å². The first-order valence-corrected chi connectivity index (χ1v) is 14.1. The van der Waals surface area contributed by atoms with Gasteiger partial charge in [-0.1, -0.05) is 52.3 Å². The number of alkyl halides is 2. The summed E-state index contributed by atoms with van der Waals surface area (Å²) in [5.41, 5.74) is 0.828. The number of carbonyl (C=O) groups excluding carboxylic acids is 1. The third kappa shape index (κ3) is 8.96. The van der Waals surface area contributed by atoms with Gasteiger partial charge in [-0.25, -0.2) is 26.8 Å². The molecule has 7 nitrogen and oxygen atoms in total. The smallest absolute Gasteiger partial charge is 0.342 e. The van der Waals surface area contributed by atoms with Gasteiger partial charge < -0.3 is 14.2 Å². The fourth-order valence-corrected chi connectivity index (χ4v) is 4.22. The van der Waals surface area contributed by atoms with Crippen molar-refractivity contribution in [2.24, 2.45) is 0 Å². The van der Waals surface area contributed by atoms with Gasteiger partial charge in [0.2, 0.25) is 12.5 Å². The Bertz CT molecular complexity index is 1380. The largest absolute Gasteiger partial charge is 0.462 e. The number of rotatable bonds is 4. The number of hydrogen-bond acceptors (Lipinski definition) is 6. The summed E-state index contributed by atoms with van der Waals surface area (Å²) in [7, 11) is 1.16. The van der Waals surface area contributed by atoms with E-state index in [1.54, 1.807) is 25.1 Å². The molecule has 4 rings (SSSR count). The fourth-order valence-electron chi connectivity index (χ4n) is 2.65. The number of fused-ring (bicyclic) bond motifs is 1. The van der Waals surface area contributed by atoms with E-state index in [0.717, 1.165) is 33.2 Å². The van der Waals surface area contributed by atoms with Crippen LogP contribution in [0.25, 0.3) is 4.85 Å². The molecule has 0 saturated carbocycles. The Morgan fingerprint density at radius 2 is 1.68 bits per heavy atom. The summed E-state index contributed by atoms with van der Waals surface area (Å²) in [4.78, 5) is 14.6. The first-order valence-electron chi connectivity index (χ1n) is 10.2. The number of benzene rings is 3. The van der Waals surface area contributed by atoms with Crippen molar-refractivity contribution in [1.29, 1.82) is 0 Å². The molecule has 1 aliphatic rings. The highest BCUT2D eigenvalue weighted by Gasteiger charge is 2.25. The Labute approximate surface area is 233 Å². The summed E-state index contributed by atoms with van der Waals surface area (Å²) < 4.78 is 62.4. The molecule has 0 spiro atoms. The monoisotopic (exact) mass is 679 g/mol. The summed E-state index contributed by atoms with van der Waals surface area (Å²) in [5.74, 6) is 0.607. The number of hydrogen-bond donors (Lipinski definition) is 0. The Kier molecular flexibility index (Phi) is 11.8. The molecule has 37 heavy (non-hydrogen) atoms. The zero-order valence-corrected chi connectivity index (χ0v) is 23.7. The topological polar surface area (TPSA) is 83.3 Å². The lowest BCUT2D eigenvalue weighted by molar-refractivity contribution is 0.0521. The van der Waals surface area contributed by atoms with Crippen LogP contribution in [0.5, 0.6) is 11.5 Å². The van der Waals surface area contributed by atoms with E-state index in [2.05, 4.69) is 36.7 Å². The first kappa shape index (κ1) is 30.5. The van der Waals surface area contributed by atoms with E-state index in [0.29, 0.717) is 29.4 Å². The summed E-state index contributed by atoms with van der Waals surface area (Å²) in [6, 6.07) is 14.9. The van der Waals surface area contributed by atoms with Crippen molar-refractivity contribution in [3.63, 3.8) is 0 Å². The predicted octanol–water partition coefficient (Wildman–Crippen LogP) is 7.91. The molecule has 0 N–H and O–H groups in total. The normalized spacial score (nSPS) is 11.4. The van der Waals surface area contributed by atoms with Crippen LogP contribution in [0.2, 0.25) is 0 Å². The van der Waals surface area contributed by atoms with Crippen LogP contribution < -0.4 is 9.47 Å². The number of ether oxygens (including phenoxy) is 3. The van der Waals surface area contributed by atoms with Crippen molar-refractivity contribution < 1.29 is 36.2 Å². The van der Waals surface area contributed by atoms with Crippen LogP contribution in [0.3, 0.4) is 0 Å². The van der Waals surface area contributed by atoms with Gasteiger partial charge in [0, 0.05) is 20.7 Å². The van der Waals surface area contributed by atoms with Crippen LogP contribution in [0.4, 0.5) is 14.5 Å². The van der Waals surface area contributed by atoms with Gasteiger partial charge in [-0.3, -0.25) is 0 Å². The molecule has 3 aromatic rings. The summed E-state index contributed by atoms with van der Waals surface area (Å²) in [5, 5.41) is 0. The van der Waals surface area contributed by atoms with Crippen LogP contribution in [0.1, 0.15) is 29.3 Å². The summed E-state index contributed by atoms with van der Waals surface area (Å²) in [6.07, 6.45) is -2.60. The van der Waals surface area contributed by atoms with Gasteiger partial charge in [0.15, 0.2) is 11.5 Å². The summed E-state index contributed by atoms with van der Waals surface area (Å²) >= 11 is 6.56. The molecule has 0 atom stereocenters. The lowest BCUT2D eigenvalue weighted by atomic mass is 10.2. The van der Waals surface area contributed by atoms with Crippen molar-refractivity contribution in [2.45, 2.75) is 18.2 Å². The quantitative estimate of drug-likeness (QED) is 0.158. The lowest BCUT2D eigenvalue weighted by Gasteiger charge is -2.05. The average Bonchev–Trinajstić information content (AvgIpc) is 3.36. The van der Waals surface area contributed by atoms with Gasteiger partial charge in [-0.2, -0.15) is 0 Å². The van der Waals surface area contributed by atoms with Gasteiger partial charge in [0.25, 0.3) is 15.5 Å². The number of esters is 1. The fraction of sp³-hybridized carbons (Fsp3) is 0.167. The van der Waals surface area contributed by atoms with E-state index in [9.17, 15) is 22.0 Å². The van der Waals surface area contributed by atoms with E-state index in [-0.39, 0.29) is 17.3 Å². The highest BCUT2D eigenvalue weighted by Crippen LogP contribution is 2.41. The van der Waals surface area contributed by atoms with Gasteiger partial charge >= 0.3 is 5.97 Å². The average molecular weight is 682 g/mol. The third-order valence-electron chi connectivity index (χ3n) is 4.35. The second-order valence-electron chi connectivity index (χ2n) is 6.75. The summed E-state index contributed by atoms with van der Waals surface area (Å²) in [6.45, 7) is 8.90. The Hall–Kier alpha value is -2.72. The van der Waals surface area contributed by atoms with Crippen LogP contribution >= 0.6 is 42.5 Å². The minimum absolute atomic E-state index is 0.129. The molecule has 0 fully saturated rings. The van der Waals surface area contributed by atoms with Gasteiger partial charge in [0.1, 0.15) is 5.56 Å². The second-order valence-corrected chi connectivity index (χ2v) is 11.0. The van der Waals surface area contributed by atoms with Crippen molar-refractivity contribution >= 4 is 63.2 Å². The highest BCUT2D eigenvalue weighted by molar-refractivity contribution is 9.11. The Morgan fingerprint density at radius 3 is 2.19 bits per heavy atom. The molecule has 0 bridgehead atoms. The van der Waals surface area contributed by atoms with Crippen LogP contribution in [-0.4, -0.2) is 27.8 Å². The van der Waals surface area contributed by atoms with Crippen LogP contribution in [0.15, 0.2) is 74.5 Å². The SMILES string of the molecule is CCOC(=O)c1ccc(Br)c2c1OCO2.O=S(=O)(Cl)c1ccc(C(F)F)cc1.[C-]#[N+]c1ccccc1Br. The first-order chi connectivity index (χ1) is 17.5. The molecule has 1 heterocycles. The maximum absolute atomic E-state index is 12.0. The lowest BCUT2D eigenvalue weighted by Crippen LogP contribution is -2.05. The molecular formula is C24H18Br2ClF2NO6S. The van der Waals surface area contributed by atoms with Crippen molar-refractivity contribution in [3.05, 3.63) is 92.2 Å². The maximum Gasteiger partial charge on any atom is 0.342 e. The van der Waals surface area contributed by atoms with E-state index in [4.69, 9.17) is 31.5 Å². The van der Waals surface area contributed by atoms with E-state index >= 15 is 0 Å². The van der Waals surface area contributed by atoms with Crippen LogP contribution in [0, 0.1) is 6.57 Å². The Balaban J connectivity index is 0.000000201. The molecule has 0 aliphatic carbocycles. The number of para-hydroxylation sites is 1. The van der Waals surface area contributed by atoms with E-state index < -0.39 is 21.4 Å².